The molecule has 130 valence electrons. The van der Waals surface area contributed by atoms with Crippen LogP contribution in [0.5, 0.6) is 0 Å². The van der Waals surface area contributed by atoms with E-state index in [9.17, 15) is 14.9 Å². The molecule has 2 heterocycles. The summed E-state index contributed by atoms with van der Waals surface area (Å²) >= 11 is 0. The maximum Gasteiger partial charge on any atom is 0.312 e. The van der Waals surface area contributed by atoms with Crippen molar-refractivity contribution < 1.29 is 9.72 Å². The molecule has 2 N–H and O–H groups in total. The predicted molar refractivity (Wildman–Crippen MR) is 88.6 cm³/mol. The van der Waals surface area contributed by atoms with Crippen molar-refractivity contribution in [3.8, 4) is 0 Å². The lowest BCUT2D eigenvalue weighted by atomic mass is 10.1. The molecule has 1 fully saturated rings. The SMILES string of the molecule is Cc1nn(CCC(=O)N2CC(CN)CC2C)c(C)c1[N+](=O)[O-].Cl. The number of nitro groups is 1. The van der Waals surface area contributed by atoms with Gasteiger partial charge in [0, 0.05) is 19.0 Å². The van der Waals surface area contributed by atoms with E-state index in [1.54, 1.807) is 18.5 Å². The number of carbonyl (C=O) groups is 1. The molecule has 8 nitrogen and oxygen atoms in total. The van der Waals surface area contributed by atoms with Gasteiger partial charge in [0.15, 0.2) is 0 Å². The molecule has 1 amide bonds. The standard InChI is InChI=1S/C14H23N5O3.ClH/c1-9-6-12(7-15)8-17(9)13(20)4-5-18-11(3)14(19(21)22)10(2)16-18;/h9,12H,4-8,15H2,1-3H3;1H. The molecule has 23 heavy (non-hydrogen) atoms. The summed E-state index contributed by atoms with van der Waals surface area (Å²) in [4.78, 5) is 24.8. The van der Waals surface area contributed by atoms with Gasteiger partial charge in [0.2, 0.25) is 5.91 Å². The van der Waals surface area contributed by atoms with Crippen LogP contribution in [0.4, 0.5) is 5.69 Å². The Bertz CT molecular complexity index is 589. The van der Waals surface area contributed by atoms with E-state index in [0.29, 0.717) is 43.4 Å². The molecular formula is C14H24ClN5O3. The third-order valence-electron chi connectivity index (χ3n) is 4.38. The maximum absolute atomic E-state index is 12.3. The first-order chi connectivity index (χ1) is 10.3. The van der Waals surface area contributed by atoms with Gasteiger partial charge in [-0.25, -0.2) is 0 Å². The highest BCUT2D eigenvalue weighted by molar-refractivity contribution is 5.85. The topological polar surface area (TPSA) is 107 Å². The molecule has 0 aromatic carbocycles. The third kappa shape index (κ3) is 4.00. The summed E-state index contributed by atoms with van der Waals surface area (Å²) in [6.45, 7) is 6.95. The van der Waals surface area contributed by atoms with Crippen LogP contribution in [0.15, 0.2) is 0 Å². The first kappa shape index (κ1) is 19.4. The predicted octanol–water partition coefficient (Wildman–Crippen LogP) is 1.42. The molecule has 2 rings (SSSR count). The second-order valence-corrected chi connectivity index (χ2v) is 5.98. The van der Waals surface area contributed by atoms with E-state index < -0.39 is 4.92 Å². The Morgan fingerprint density at radius 1 is 1.48 bits per heavy atom. The van der Waals surface area contributed by atoms with Crippen LogP contribution in [-0.4, -0.2) is 44.6 Å². The van der Waals surface area contributed by atoms with E-state index >= 15 is 0 Å². The van der Waals surface area contributed by atoms with Gasteiger partial charge in [-0.15, -0.1) is 12.4 Å². The monoisotopic (exact) mass is 345 g/mol. The van der Waals surface area contributed by atoms with Crippen LogP contribution in [-0.2, 0) is 11.3 Å². The molecule has 1 saturated heterocycles. The molecule has 0 radical (unpaired) electrons. The smallest absolute Gasteiger partial charge is 0.312 e. The number of hydrogen-bond acceptors (Lipinski definition) is 5. The number of halogens is 1. The fourth-order valence-corrected chi connectivity index (χ4v) is 3.18. The van der Waals surface area contributed by atoms with E-state index in [4.69, 9.17) is 5.73 Å². The second-order valence-electron chi connectivity index (χ2n) is 5.98. The van der Waals surface area contributed by atoms with Crippen LogP contribution in [0, 0.1) is 29.9 Å². The molecule has 0 spiro atoms. The zero-order valence-corrected chi connectivity index (χ0v) is 14.5. The number of aryl methyl sites for hydroxylation is 2. The van der Waals surface area contributed by atoms with Crippen molar-refractivity contribution in [3.05, 3.63) is 21.5 Å². The average Bonchev–Trinajstić information content (AvgIpc) is 2.96. The van der Waals surface area contributed by atoms with Gasteiger partial charge >= 0.3 is 5.69 Å². The highest BCUT2D eigenvalue weighted by atomic mass is 35.5. The molecule has 0 bridgehead atoms. The van der Waals surface area contributed by atoms with Crippen LogP contribution in [0.3, 0.4) is 0 Å². The number of aromatic nitrogens is 2. The van der Waals surface area contributed by atoms with Gasteiger partial charge in [0.25, 0.3) is 0 Å². The van der Waals surface area contributed by atoms with Crippen molar-refractivity contribution in [2.45, 2.75) is 46.2 Å². The average molecular weight is 346 g/mol. The van der Waals surface area contributed by atoms with Gasteiger partial charge in [-0.2, -0.15) is 5.10 Å². The van der Waals surface area contributed by atoms with Gasteiger partial charge in [-0.3, -0.25) is 19.6 Å². The second kappa shape index (κ2) is 7.74. The molecule has 0 aliphatic carbocycles. The molecule has 1 aromatic rings. The van der Waals surface area contributed by atoms with Gasteiger partial charge in [-0.05, 0) is 39.7 Å². The van der Waals surface area contributed by atoms with Crippen LogP contribution >= 0.6 is 12.4 Å². The van der Waals surface area contributed by atoms with Crippen LogP contribution in [0.25, 0.3) is 0 Å². The Morgan fingerprint density at radius 2 is 2.13 bits per heavy atom. The van der Waals surface area contributed by atoms with Crippen molar-refractivity contribution in [3.63, 3.8) is 0 Å². The van der Waals surface area contributed by atoms with E-state index in [1.807, 2.05) is 11.8 Å². The van der Waals surface area contributed by atoms with Crippen molar-refractivity contribution >= 4 is 24.0 Å². The lowest BCUT2D eigenvalue weighted by molar-refractivity contribution is -0.386. The summed E-state index contributed by atoms with van der Waals surface area (Å²) in [6.07, 6.45) is 1.23. The number of nitrogens with zero attached hydrogens (tertiary/aromatic N) is 4. The highest BCUT2D eigenvalue weighted by Gasteiger charge is 2.31. The van der Waals surface area contributed by atoms with Gasteiger partial charge in [0.05, 0.1) is 11.5 Å². The van der Waals surface area contributed by atoms with Gasteiger partial charge < -0.3 is 10.6 Å². The Morgan fingerprint density at radius 3 is 2.61 bits per heavy atom. The van der Waals surface area contributed by atoms with E-state index in [1.165, 1.54) is 0 Å². The molecular weight excluding hydrogens is 322 g/mol. The first-order valence-corrected chi connectivity index (χ1v) is 7.53. The summed E-state index contributed by atoms with van der Waals surface area (Å²) in [5.74, 6) is 0.423. The van der Waals surface area contributed by atoms with Crippen molar-refractivity contribution in [2.75, 3.05) is 13.1 Å². The number of rotatable bonds is 5. The fraction of sp³-hybridized carbons (Fsp3) is 0.714. The molecule has 0 saturated carbocycles. The molecule has 9 heteroatoms. The van der Waals surface area contributed by atoms with Crippen molar-refractivity contribution in [1.29, 1.82) is 0 Å². The summed E-state index contributed by atoms with van der Waals surface area (Å²) in [5, 5.41) is 15.1. The number of hydrogen-bond donors (Lipinski definition) is 1. The Kier molecular flexibility index (Phi) is 6.52. The lowest BCUT2D eigenvalue weighted by Crippen LogP contribution is -2.35. The number of nitrogens with two attached hydrogens (primary N) is 1. The van der Waals surface area contributed by atoms with Crippen molar-refractivity contribution in [2.24, 2.45) is 11.7 Å². The highest BCUT2D eigenvalue weighted by Crippen LogP contribution is 2.24. The minimum atomic E-state index is -0.426. The minimum absolute atomic E-state index is 0. The molecule has 1 aliphatic rings. The normalized spacial score (nSPS) is 20.4. The molecule has 2 unspecified atom stereocenters. The Labute approximate surface area is 141 Å². The van der Waals surface area contributed by atoms with E-state index in [0.717, 1.165) is 6.42 Å². The Balaban J connectivity index is 0.00000264. The zero-order valence-electron chi connectivity index (χ0n) is 13.7. The molecule has 2 atom stereocenters. The zero-order chi connectivity index (χ0) is 16.4. The van der Waals surface area contributed by atoms with Crippen LogP contribution in [0.2, 0.25) is 0 Å². The fourth-order valence-electron chi connectivity index (χ4n) is 3.18. The third-order valence-corrected chi connectivity index (χ3v) is 4.38. The largest absolute Gasteiger partial charge is 0.340 e. The molecule has 1 aliphatic heterocycles. The Hall–Kier alpha value is -1.67. The van der Waals surface area contributed by atoms with E-state index in [2.05, 4.69) is 5.10 Å². The number of carbonyl (C=O) groups excluding carboxylic acids is 1. The molecule has 1 aromatic heterocycles. The summed E-state index contributed by atoms with van der Waals surface area (Å²) in [7, 11) is 0. The minimum Gasteiger partial charge on any atom is -0.340 e. The summed E-state index contributed by atoms with van der Waals surface area (Å²) < 4.78 is 1.55. The quantitative estimate of drug-likeness (QED) is 0.641. The van der Waals surface area contributed by atoms with Gasteiger partial charge in [-0.1, -0.05) is 0 Å². The maximum atomic E-state index is 12.3. The van der Waals surface area contributed by atoms with Gasteiger partial charge in [0.1, 0.15) is 11.4 Å². The number of likely N-dealkylation sites (tertiary alicyclic amines) is 1. The number of amides is 1. The van der Waals surface area contributed by atoms with E-state index in [-0.39, 0.29) is 30.0 Å². The summed E-state index contributed by atoms with van der Waals surface area (Å²) in [5.41, 5.74) is 6.58. The van der Waals surface area contributed by atoms with Crippen molar-refractivity contribution in [1.82, 2.24) is 14.7 Å². The van der Waals surface area contributed by atoms with Crippen LogP contribution < -0.4 is 5.73 Å². The summed E-state index contributed by atoms with van der Waals surface area (Å²) in [6, 6.07) is 0.204. The lowest BCUT2D eigenvalue weighted by Gasteiger charge is -2.21. The first-order valence-electron chi connectivity index (χ1n) is 7.53. The van der Waals surface area contributed by atoms with Crippen LogP contribution in [0.1, 0.15) is 31.2 Å².